The number of carbonyl (C=O) groups is 1. The maximum atomic E-state index is 13.1. The van der Waals surface area contributed by atoms with Crippen LogP contribution in [-0.4, -0.2) is 19.9 Å². The van der Waals surface area contributed by atoms with E-state index in [4.69, 9.17) is 0 Å². The molecule has 20 heavy (non-hydrogen) atoms. The number of hydrogen-bond donors (Lipinski definition) is 0. The Labute approximate surface area is 116 Å². The van der Waals surface area contributed by atoms with Gasteiger partial charge >= 0.3 is 0 Å². The lowest BCUT2D eigenvalue weighted by Gasteiger charge is -2.10. The summed E-state index contributed by atoms with van der Waals surface area (Å²) in [6, 6.07) is 6.92. The van der Waals surface area contributed by atoms with Crippen molar-refractivity contribution in [1.82, 2.24) is 0 Å². The number of rotatable bonds is 4. The van der Waals surface area contributed by atoms with Crippen molar-refractivity contribution >= 4 is 11.5 Å². The summed E-state index contributed by atoms with van der Waals surface area (Å²) in [6.45, 7) is 0.0821. The minimum absolute atomic E-state index is 0.0821. The molecule has 0 aliphatic rings. The van der Waals surface area contributed by atoms with Gasteiger partial charge in [0.25, 0.3) is 0 Å². The minimum atomic E-state index is -1.01. The Morgan fingerprint density at radius 1 is 1.10 bits per heavy atom. The highest BCUT2D eigenvalue weighted by Gasteiger charge is 2.14. The Hall–Kier alpha value is -2.30. The van der Waals surface area contributed by atoms with Crippen LogP contribution in [0.25, 0.3) is 0 Å². The molecule has 0 aliphatic carbocycles. The summed E-state index contributed by atoms with van der Waals surface area (Å²) < 4.78 is 27.6. The molecule has 1 heterocycles. The Bertz CT molecular complexity index is 624. The Balaban J connectivity index is 2.12. The van der Waals surface area contributed by atoms with Crippen LogP contribution in [0, 0.1) is 11.6 Å². The third kappa shape index (κ3) is 3.17. The van der Waals surface area contributed by atoms with E-state index in [0.717, 1.165) is 17.8 Å². The fraction of sp³-hybridized carbons (Fsp3) is 0.200. The zero-order valence-corrected chi connectivity index (χ0v) is 11.3. The van der Waals surface area contributed by atoms with Crippen molar-refractivity contribution in [3.63, 3.8) is 0 Å². The van der Waals surface area contributed by atoms with E-state index < -0.39 is 11.6 Å². The van der Waals surface area contributed by atoms with Crippen LogP contribution in [0.5, 0.6) is 0 Å². The molecular weight excluding hydrogens is 262 g/mol. The Kier molecular flexibility index (Phi) is 4.08. The average Bonchev–Trinajstić information content (AvgIpc) is 2.42. The molecule has 1 aromatic heterocycles. The minimum Gasteiger partial charge on any atom is -0.377 e. The van der Waals surface area contributed by atoms with Crippen LogP contribution in [0.3, 0.4) is 0 Å². The van der Waals surface area contributed by atoms with E-state index in [2.05, 4.69) is 0 Å². The molecule has 0 bridgehead atoms. The van der Waals surface area contributed by atoms with Gasteiger partial charge in [0.1, 0.15) is 0 Å². The average molecular weight is 277 g/mol. The predicted octanol–water partition coefficient (Wildman–Crippen LogP) is 2.20. The van der Waals surface area contributed by atoms with Gasteiger partial charge in [-0.3, -0.25) is 4.79 Å². The first-order valence-electron chi connectivity index (χ1n) is 6.12. The molecule has 5 heteroatoms. The fourth-order valence-corrected chi connectivity index (χ4v) is 1.78. The predicted molar refractivity (Wildman–Crippen MR) is 71.7 cm³/mol. The zero-order valence-electron chi connectivity index (χ0n) is 11.3. The summed E-state index contributed by atoms with van der Waals surface area (Å²) in [7, 11) is 3.85. The highest BCUT2D eigenvalue weighted by molar-refractivity contribution is 5.95. The number of pyridine rings is 1. The number of Topliss-reactive ketones (excluding diaryl/α,β-unsaturated/α-hetero) is 1. The van der Waals surface area contributed by atoms with Gasteiger partial charge in [-0.25, -0.2) is 8.78 Å². The highest BCUT2D eigenvalue weighted by Crippen LogP contribution is 2.10. The smallest absolute Gasteiger partial charge is 0.227 e. The second-order valence-electron chi connectivity index (χ2n) is 4.68. The van der Waals surface area contributed by atoms with Crippen LogP contribution in [0.2, 0.25) is 0 Å². The third-order valence-electron chi connectivity index (χ3n) is 2.96. The number of halogens is 2. The molecule has 1 aromatic carbocycles. The number of nitrogens with zero attached hydrogens (tertiary/aromatic N) is 2. The second-order valence-corrected chi connectivity index (χ2v) is 4.68. The molecule has 0 saturated heterocycles. The van der Waals surface area contributed by atoms with E-state index >= 15 is 0 Å². The molecule has 0 fully saturated rings. The lowest BCUT2D eigenvalue weighted by atomic mass is 10.1. The van der Waals surface area contributed by atoms with E-state index in [-0.39, 0.29) is 17.9 Å². The molecule has 0 N–H and O–H groups in total. The van der Waals surface area contributed by atoms with Crippen molar-refractivity contribution in [2.75, 3.05) is 19.0 Å². The van der Waals surface area contributed by atoms with Crippen molar-refractivity contribution in [2.45, 2.75) is 6.54 Å². The number of anilines is 1. The number of hydrogen-bond acceptors (Lipinski definition) is 2. The van der Waals surface area contributed by atoms with Gasteiger partial charge in [0.15, 0.2) is 24.0 Å². The van der Waals surface area contributed by atoms with Gasteiger partial charge in [0.2, 0.25) is 12.3 Å². The normalized spacial score (nSPS) is 10.4. The second kappa shape index (κ2) is 5.77. The first-order chi connectivity index (χ1) is 9.47. The van der Waals surface area contributed by atoms with Gasteiger partial charge in [0, 0.05) is 37.5 Å². The monoisotopic (exact) mass is 277 g/mol. The summed E-state index contributed by atoms with van der Waals surface area (Å²) in [6.07, 6.45) is 3.54. The standard InChI is InChI=1S/C15H15F2N2O/c1-18(2)12-5-7-19(8-6-12)10-15(20)11-3-4-13(16)14(17)9-11/h3-9H,10H2,1-2H3/q+1. The Morgan fingerprint density at radius 2 is 1.75 bits per heavy atom. The van der Waals surface area contributed by atoms with Crippen molar-refractivity contribution in [3.05, 3.63) is 59.9 Å². The van der Waals surface area contributed by atoms with Gasteiger partial charge in [-0.1, -0.05) is 0 Å². The van der Waals surface area contributed by atoms with E-state index in [9.17, 15) is 13.6 Å². The highest BCUT2D eigenvalue weighted by atomic mass is 19.2. The molecule has 0 amide bonds. The summed E-state index contributed by atoms with van der Waals surface area (Å²) in [4.78, 5) is 13.9. The SMILES string of the molecule is CN(C)c1cc[n+](CC(=O)c2ccc(F)c(F)c2)cc1. The van der Waals surface area contributed by atoms with E-state index in [0.29, 0.717) is 0 Å². The van der Waals surface area contributed by atoms with Crippen molar-refractivity contribution in [3.8, 4) is 0 Å². The quantitative estimate of drug-likeness (QED) is 0.632. The van der Waals surface area contributed by atoms with Gasteiger partial charge in [-0.05, 0) is 18.2 Å². The maximum Gasteiger partial charge on any atom is 0.227 e. The first kappa shape index (κ1) is 14.1. The summed E-state index contributed by atoms with van der Waals surface area (Å²) in [5, 5.41) is 0. The molecule has 0 unspecified atom stereocenters. The first-order valence-corrected chi connectivity index (χ1v) is 6.12. The largest absolute Gasteiger partial charge is 0.377 e. The van der Waals surface area contributed by atoms with Gasteiger partial charge in [-0.2, -0.15) is 4.57 Å². The number of aromatic nitrogens is 1. The number of carbonyl (C=O) groups excluding carboxylic acids is 1. The van der Waals surface area contributed by atoms with Gasteiger partial charge in [0.05, 0.1) is 0 Å². The van der Waals surface area contributed by atoms with Crippen LogP contribution in [0.4, 0.5) is 14.5 Å². The van der Waals surface area contributed by atoms with Crippen molar-refractivity contribution < 1.29 is 18.1 Å². The van der Waals surface area contributed by atoms with E-state index in [1.807, 2.05) is 31.1 Å². The molecule has 2 rings (SSSR count). The lowest BCUT2D eigenvalue weighted by molar-refractivity contribution is -0.683. The van der Waals surface area contributed by atoms with Gasteiger partial charge < -0.3 is 4.90 Å². The van der Waals surface area contributed by atoms with Crippen LogP contribution in [-0.2, 0) is 6.54 Å². The van der Waals surface area contributed by atoms with E-state index in [1.54, 1.807) is 17.0 Å². The summed E-state index contributed by atoms with van der Waals surface area (Å²) in [5.74, 6) is -2.24. The van der Waals surface area contributed by atoms with Crippen LogP contribution >= 0.6 is 0 Å². The molecule has 0 saturated carbocycles. The number of benzene rings is 1. The van der Waals surface area contributed by atoms with Crippen molar-refractivity contribution in [2.24, 2.45) is 0 Å². The lowest BCUT2D eigenvalue weighted by Crippen LogP contribution is -2.37. The maximum absolute atomic E-state index is 13.1. The van der Waals surface area contributed by atoms with E-state index in [1.165, 1.54) is 6.07 Å². The van der Waals surface area contributed by atoms with Crippen LogP contribution < -0.4 is 9.47 Å². The molecule has 0 spiro atoms. The topological polar surface area (TPSA) is 24.2 Å². The summed E-state index contributed by atoms with van der Waals surface area (Å²) >= 11 is 0. The fourth-order valence-electron chi connectivity index (χ4n) is 1.78. The van der Waals surface area contributed by atoms with Crippen LogP contribution in [0.1, 0.15) is 10.4 Å². The molecule has 3 nitrogen and oxygen atoms in total. The zero-order chi connectivity index (χ0) is 14.7. The molecule has 104 valence electrons. The summed E-state index contributed by atoms with van der Waals surface area (Å²) in [5.41, 5.74) is 1.18. The Morgan fingerprint density at radius 3 is 2.30 bits per heavy atom. The molecular formula is C15H15F2N2O+. The van der Waals surface area contributed by atoms with Crippen molar-refractivity contribution in [1.29, 1.82) is 0 Å². The molecule has 2 aromatic rings. The van der Waals surface area contributed by atoms with Gasteiger partial charge in [-0.15, -0.1) is 0 Å². The van der Waals surface area contributed by atoms with Crippen LogP contribution in [0.15, 0.2) is 42.7 Å². The molecule has 0 atom stereocenters. The molecule has 0 aliphatic heterocycles. The third-order valence-corrected chi connectivity index (χ3v) is 2.96. The molecule has 0 radical (unpaired) electrons. The number of ketones is 1.